The number of aromatic amines is 1. The second-order valence-corrected chi connectivity index (χ2v) is 23.8. The summed E-state index contributed by atoms with van der Waals surface area (Å²) in [6.45, 7) is 2.33. The Morgan fingerprint density at radius 3 is 1.32 bits per heavy atom. The molecule has 0 aliphatic heterocycles. The van der Waals surface area contributed by atoms with Crippen molar-refractivity contribution < 1.29 is 93.0 Å². The van der Waals surface area contributed by atoms with Gasteiger partial charge in [-0.2, -0.15) is 0 Å². The summed E-state index contributed by atoms with van der Waals surface area (Å²) in [5.41, 5.74) is 20.2. The van der Waals surface area contributed by atoms with Crippen molar-refractivity contribution in [2.75, 3.05) is 26.3 Å². The first-order valence-corrected chi connectivity index (χ1v) is 32.0. The average Bonchev–Trinajstić information content (AvgIpc) is 1.13. The largest absolute Gasteiger partial charge is 0.481 e. The maximum absolute atomic E-state index is 14.5. The molecule has 12 atom stereocenters. The summed E-state index contributed by atoms with van der Waals surface area (Å²) in [4.78, 5) is 179. The molecular weight excluding hydrogens is 1280 g/mol. The molecular formula is C65H92N14O19. The number of benzene rings is 3. The number of aliphatic hydroxyl groups excluding tert-OH is 3. The van der Waals surface area contributed by atoms with Crippen LogP contribution in [0.4, 0.5) is 0 Å². The Balaban J connectivity index is 1.52. The Labute approximate surface area is 564 Å². The second kappa shape index (κ2) is 41.2. The Morgan fingerprint density at radius 1 is 0.429 bits per heavy atom. The monoisotopic (exact) mass is 1370 g/mol. The van der Waals surface area contributed by atoms with Gasteiger partial charge in [-0.1, -0.05) is 92.7 Å². The number of aliphatic carboxylic acids is 3. The zero-order valence-corrected chi connectivity index (χ0v) is 54.7. The van der Waals surface area contributed by atoms with E-state index in [0.717, 1.165) is 17.8 Å². The zero-order valence-electron chi connectivity index (χ0n) is 54.7. The lowest BCUT2D eigenvalue weighted by Gasteiger charge is -2.29. The normalized spacial score (nSPS) is 14.9. The Hall–Kier alpha value is -9.93. The number of H-pyrrole nitrogens is 1. The fraction of sp³-hybridized carbons (Fsp3) is 0.492. The van der Waals surface area contributed by atoms with E-state index in [4.69, 9.17) is 17.2 Å². The molecule has 0 bridgehead atoms. The summed E-state index contributed by atoms with van der Waals surface area (Å²) in [6, 6.07) is 5.44. The molecule has 0 saturated heterocycles. The van der Waals surface area contributed by atoms with E-state index in [1.807, 2.05) is 18.2 Å². The van der Waals surface area contributed by atoms with Crippen LogP contribution in [-0.2, 0) is 81.6 Å². The summed E-state index contributed by atoms with van der Waals surface area (Å²) in [7, 11) is 0. The lowest BCUT2D eigenvalue weighted by molar-refractivity contribution is -0.143. The van der Waals surface area contributed by atoms with Crippen molar-refractivity contribution in [3.63, 3.8) is 0 Å². The molecule has 10 amide bonds. The van der Waals surface area contributed by atoms with Gasteiger partial charge in [-0.05, 0) is 100 Å². The van der Waals surface area contributed by atoms with Crippen LogP contribution >= 0.6 is 0 Å². The maximum Gasteiger partial charge on any atom is 0.326 e. The van der Waals surface area contributed by atoms with Gasteiger partial charge in [0.2, 0.25) is 59.1 Å². The molecule has 0 radical (unpaired) electrons. The number of carbonyl (C=O) groups is 13. The van der Waals surface area contributed by atoms with Crippen LogP contribution in [0.25, 0.3) is 10.9 Å². The highest BCUT2D eigenvalue weighted by Crippen LogP contribution is 2.19. The highest BCUT2D eigenvalue weighted by atomic mass is 16.4. The first-order valence-electron chi connectivity index (χ1n) is 32.0. The van der Waals surface area contributed by atoms with Crippen molar-refractivity contribution in [1.29, 1.82) is 0 Å². The van der Waals surface area contributed by atoms with Crippen molar-refractivity contribution in [3.8, 4) is 0 Å². The van der Waals surface area contributed by atoms with Gasteiger partial charge in [0.15, 0.2) is 0 Å². The maximum atomic E-state index is 14.5. The number of hydrogen-bond donors (Lipinski definition) is 20. The van der Waals surface area contributed by atoms with Gasteiger partial charge >= 0.3 is 17.9 Å². The van der Waals surface area contributed by atoms with E-state index >= 15 is 0 Å². The molecule has 4 aromatic rings. The molecule has 33 heteroatoms. The summed E-state index contributed by atoms with van der Waals surface area (Å²) in [5, 5.41) is 85.4. The fourth-order valence-corrected chi connectivity index (χ4v) is 10.2. The highest BCUT2D eigenvalue weighted by Gasteiger charge is 2.38. The molecule has 0 fully saturated rings. The van der Waals surface area contributed by atoms with Gasteiger partial charge < -0.3 is 106 Å². The molecule has 0 spiro atoms. The van der Waals surface area contributed by atoms with Crippen molar-refractivity contribution >= 4 is 87.9 Å². The number of carboxylic acid groups (broad SMARTS) is 3. The highest BCUT2D eigenvalue weighted by molar-refractivity contribution is 6.00. The third kappa shape index (κ3) is 26.6. The molecule has 3 aromatic carbocycles. The van der Waals surface area contributed by atoms with Gasteiger partial charge in [-0.15, -0.1) is 0 Å². The number of unbranched alkanes of at least 4 members (excludes halogenated alkanes) is 2. The summed E-state index contributed by atoms with van der Waals surface area (Å²) < 4.78 is 0. The van der Waals surface area contributed by atoms with Crippen molar-refractivity contribution in [3.05, 3.63) is 108 Å². The molecule has 0 aliphatic rings. The molecule has 98 heavy (non-hydrogen) atoms. The number of aromatic nitrogens is 1. The number of fused-ring (bicyclic) bond motifs is 1. The van der Waals surface area contributed by atoms with Crippen LogP contribution < -0.4 is 70.4 Å². The first-order chi connectivity index (χ1) is 46.6. The topological polar surface area (TPSA) is 557 Å². The number of para-hydroxylation sites is 1. The third-order valence-corrected chi connectivity index (χ3v) is 15.7. The van der Waals surface area contributed by atoms with E-state index in [9.17, 15) is 93.0 Å². The molecule has 536 valence electrons. The lowest BCUT2D eigenvalue weighted by Crippen LogP contribution is -2.63. The van der Waals surface area contributed by atoms with Crippen molar-refractivity contribution in [2.24, 2.45) is 23.1 Å². The predicted molar refractivity (Wildman–Crippen MR) is 353 cm³/mol. The number of hydrogen-bond acceptors (Lipinski definition) is 19. The number of carbonyl (C=O) groups excluding carboxylic acids is 10. The minimum Gasteiger partial charge on any atom is -0.481 e. The van der Waals surface area contributed by atoms with Crippen LogP contribution in [0.2, 0.25) is 0 Å². The van der Waals surface area contributed by atoms with E-state index in [1.54, 1.807) is 72.9 Å². The lowest BCUT2D eigenvalue weighted by atomic mass is 10.0. The van der Waals surface area contributed by atoms with Crippen LogP contribution in [0.5, 0.6) is 0 Å². The van der Waals surface area contributed by atoms with Crippen LogP contribution in [0.1, 0.15) is 95.2 Å². The number of nitrogens with two attached hydrogens (primary N) is 3. The van der Waals surface area contributed by atoms with Gasteiger partial charge in [-0.25, -0.2) is 4.79 Å². The first kappa shape index (κ1) is 80.5. The second-order valence-electron chi connectivity index (χ2n) is 23.8. The van der Waals surface area contributed by atoms with E-state index in [1.165, 1.54) is 13.8 Å². The zero-order chi connectivity index (χ0) is 72.6. The number of amides is 10. The summed E-state index contributed by atoms with van der Waals surface area (Å²) >= 11 is 0. The van der Waals surface area contributed by atoms with Gasteiger partial charge in [-0.3, -0.25) is 57.5 Å². The van der Waals surface area contributed by atoms with E-state index in [2.05, 4.69) is 58.2 Å². The van der Waals surface area contributed by atoms with Crippen molar-refractivity contribution in [1.82, 2.24) is 58.2 Å². The van der Waals surface area contributed by atoms with Crippen molar-refractivity contribution in [2.45, 2.75) is 170 Å². The fourth-order valence-electron chi connectivity index (χ4n) is 10.2. The Kier molecular flexibility index (Phi) is 33.9. The molecule has 33 nitrogen and oxygen atoms in total. The number of nitrogens with one attached hydrogen (secondary N) is 11. The number of rotatable bonds is 44. The van der Waals surface area contributed by atoms with Gasteiger partial charge in [0.25, 0.3) is 0 Å². The van der Waals surface area contributed by atoms with Gasteiger partial charge in [0.1, 0.15) is 60.4 Å². The summed E-state index contributed by atoms with van der Waals surface area (Å²) in [5.74, 6) is -16.1. The van der Waals surface area contributed by atoms with Gasteiger partial charge in [0, 0.05) is 36.4 Å². The molecule has 0 saturated carbocycles. The molecule has 1 heterocycles. The minimum absolute atomic E-state index is 0.0395. The average molecular weight is 1370 g/mol. The number of carboxylic acids is 3. The molecule has 0 unspecified atom stereocenters. The SMILES string of the molecule is CC(C)[C@H](NC(=O)[C@@H](NC(=O)[C@H](CO)NC(=O)[C@@H](N)Cc1c[nH]c2ccccc12)[C@@H](C)O)C(=O)N[C@@H](CCCCN)C(=O)N[C@@H](CC(=O)O)C(=O)N[C@@H](CCCCN)C(=O)N[C@@H](Cc1ccccc1)C(=O)N[C@@H](CO)C(=O)N[C@@H](CCC(=O)O)C(=O)N[C@@H](Cc1ccccc1)C(=O)O. The minimum atomic E-state index is -1.97. The summed E-state index contributed by atoms with van der Waals surface area (Å²) in [6.07, 6.45) is -2.21. The smallest absolute Gasteiger partial charge is 0.326 e. The molecule has 23 N–H and O–H groups in total. The van der Waals surface area contributed by atoms with Crippen LogP contribution in [0, 0.1) is 5.92 Å². The van der Waals surface area contributed by atoms with Crippen LogP contribution in [0.3, 0.4) is 0 Å². The standard InChI is InChI=1S/C65H92N14O19/c1-35(2)53(78-64(96)54(36(3)82)79-62(94)50(34-81)76-55(87)41(68)30-39-32-69-42-21-11-10-20-40(39)42)63(95)72-44(23-13-15-27-67)57(89)74-47(31-52(85)86)60(92)70-43(22-12-14-26-66)56(88)73-46(28-37-16-6-4-7-17-37)59(91)77-49(33-80)61(93)71-45(24-25-51(83)84)58(90)75-48(65(97)98)29-38-18-8-5-9-19-38/h4-11,16-21,32,35-36,41,43-50,53-54,69,80-82H,12-15,22-31,33-34,66-68H2,1-3H3,(H,70,92)(H,71,93)(H,72,95)(H,73,88)(H,74,89)(H,75,90)(H,76,87)(H,77,91)(H,78,96)(H,79,94)(H,83,84)(H,85,86)(H,97,98)/t36-,41+,43+,44+,45+,46+,47+,48+,49+,50+,53+,54+/m1/s1. The molecule has 4 rings (SSSR count). The van der Waals surface area contributed by atoms with E-state index < -0.39 is 188 Å². The Bertz CT molecular complexity index is 3340. The van der Waals surface area contributed by atoms with Crippen LogP contribution in [0.15, 0.2) is 91.1 Å². The Morgan fingerprint density at radius 2 is 0.827 bits per heavy atom. The quantitative estimate of drug-likeness (QED) is 0.0188. The number of aliphatic hydroxyl groups is 3. The van der Waals surface area contributed by atoms with E-state index in [0.29, 0.717) is 23.1 Å². The molecule has 1 aromatic heterocycles. The van der Waals surface area contributed by atoms with E-state index in [-0.39, 0.29) is 64.5 Å². The molecule has 0 aliphatic carbocycles. The predicted octanol–water partition coefficient (Wildman–Crippen LogP) is -3.93. The van der Waals surface area contributed by atoms with Gasteiger partial charge in [0.05, 0.1) is 31.8 Å². The van der Waals surface area contributed by atoms with Crippen LogP contribution in [-0.4, -0.2) is 211 Å². The third-order valence-electron chi connectivity index (χ3n) is 15.7.